The van der Waals surface area contributed by atoms with Gasteiger partial charge in [0.05, 0.1) is 6.61 Å². The van der Waals surface area contributed by atoms with Gasteiger partial charge in [0, 0.05) is 18.5 Å². The van der Waals surface area contributed by atoms with E-state index in [0.717, 1.165) is 11.5 Å². The van der Waals surface area contributed by atoms with Crippen molar-refractivity contribution in [3.8, 4) is 0 Å². The van der Waals surface area contributed by atoms with Crippen molar-refractivity contribution in [3.63, 3.8) is 0 Å². The molecule has 0 spiro atoms. The highest BCUT2D eigenvalue weighted by molar-refractivity contribution is 5.38. The number of nitrogens with zero attached hydrogens (tertiary/aromatic N) is 1. The monoisotopic (exact) mass is 203 g/mol. The summed E-state index contributed by atoms with van der Waals surface area (Å²) in [6.07, 6.45) is 1.36. The van der Waals surface area contributed by atoms with Gasteiger partial charge >= 0.3 is 0 Å². The lowest BCUT2D eigenvalue weighted by Crippen LogP contribution is -2.22. The quantitative estimate of drug-likeness (QED) is 0.785. The van der Waals surface area contributed by atoms with Gasteiger partial charge in [-0.1, -0.05) is 24.3 Å². The van der Waals surface area contributed by atoms with E-state index in [1.54, 1.807) is 0 Å². The van der Waals surface area contributed by atoms with Crippen LogP contribution in [0, 0.1) is 5.92 Å². The third-order valence-electron chi connectivity index (χ3n) is 4.03. The molecule has 1 aromatic rings. The average Bonchev–Trinajstić information content (AvgIpc) is 2.83. The van der Waals surface area contributed by atoms with Gasteiger partial charge < -0.3 is 10.0 Å². The van der Waals surface area contributed by atoms with Gasteiger partial charge in [0.25, 0.3) is 0 Å². The van der Waals surface area contributed by atoms with Gasteiger partial charge in [0.2, 0.25) is 0 Å². The predicted octanol–water partition coefficient (Wildman–Crippen LogP) is 1.38. The van der Waals surface area contributed by atoms with E-state index in [2.05, 4.69) is 36.2 Å². The number of likely N-dealkylation sites (tertiary alicyclic amines) is 1. The van der Waals surface area contributed by atoms with Crippen molar-refractivity contribution in [1.29, 1.82) is 0 Å². The molecular weight excluding hydrogens is 186 g/mol. The van der Waals surface area contributed by atoms with Crippen LogP contribution in [0.4, 0.5) is 0 Å². The first kappa shape index (κ1) is 9.37. The summed E-state index contributed by atoms with van der Waals surface area (Å²) in [6, 6.07) is 8.50. The number of benzene rings is 1. The maximum Gasteiger partial charge on any atom is 0.0681 e. The highest BCUT2D eigenvalue weighted by atomic mass is 16.3. The fraction of sp³-hybridized carbons (Fsp3) is 0.538. The molecule has 0 radical (unpaired) electrons. The van der Waals surface area contributed by atoms with Gasteiger partial charge in [0.15, 0.2) is 0 Å². The largest absolute Gasteiger partial charge is 0.392 e. The van der Waals surface area contributed by atoms with Crippen LogP contribution in [0.2, 0.25) is 0 Å². The highest BCUT2D eigenvalue weighted by Crippen LogP contribution is 2.58. The lowest BCUT2D eigenvalue weighted by atomic mass is 9.94. The number of hydrogen-bond donors (Lipinski definition) is 1. The first-order valence-corrected chi connectivity index (χ1v) is 5.63. The molecule has 1 aromatic carbocycles. The lowest BCUT2D eigenvalue weighted by Gasteiger charge is -2.16. The van der Waals surface area contributed by atoms with Crippen LogP contribution >= 0.6 is 0 Å². The number of fused-ring (bicyclic) bond motifs is 1. The standard InChI is InChI=1S/C13H17NO/c1-14-7-12-6-13(12,9-14)11-4-2-10(8-15)3-5-11/h2-5,12,15H,6-9H2,1H3/t12-,13+/m1/s1. The molecule has 2 nitrogen and oxygen atoms in total. The third-order valence-corrected chi connectivity index (χ3v) is 4.03. The number of rotatable bonds is 2. The van der Waals surface area contributed by atoms with Crippen molar-refractivity contribution >= 4 is 0 Å². The molecule has 0 unspecified atom stereocenters. The van der Waals surface area contributed by atoms with E-state index in [9.17, 15) is 0 Å². The fourth-order valence-corrected chi connectivity index (χ4v) is 3.12. The predicted molar refractivity (Wildman–Crippen MR) is 59.6 cm³/mol. The van der Waals surface area contributed by atoms with E-state index < -0.39 is 0 Å². The maximum absolute atomic E-state index is 9.00. The number of aliphatic hydroxyl groups is 1. The Hall–Kier alpha value is -0.860. The summed E-state index contributed by atoms with van der Waals surface area (Å²) in [5, 5.41) is 9.00. The molecular formula is C13H17NO. The van der Waals surface area contributed by atoms with Crippen LogP contribution in [0.5, 0.6) is 0 Å². The molecule has 1 N–H and O–H groups in total. The molecule has 1 aliphatic carbocycles. The zero-order chi connectivity index (χ0) is 10.5. The molecule has 2 atom stereocenters. The Labute approximate surface area is 90.5 Å². The van der Waals surface area contributed by atoms with Gasteiger partial charge in [-0.2, -0.15) is 0 Å². The molecule has 80 valence electrons. The minimum absolute atomic E-state index is 0.149. The molecule has 1 saturated heterocycles. The zero-order valence-electron chi connectivity index (χ0n) is 9.11. The molecule has 1 saturated carbocycles. The number of piperidine rings is 1. The third kappa shape index (κ3) is 1.32. The van der Waals surface area contributed by atoms with Gasteiger partial charge in [-0.05, 0) is 30.5 Å². The minimum Gasteiger partial charge on any atom is -0.392 e. The van der Waals surface area contributed by atoms with E-state index in [1.807, 2.05) is 0 Å². The van der Waals surface area contributed by atoms with Gasteiger partial charge in [-0.3, -0.25) is 0 Å². The molecule has 0 aromatic heterocycles. The molecule has 3 rings (SSSR count). The second kappa shape index (κ2) is 3.06. The van der Waals surface area contributed by atoms with E-state index >= 15 is 0 Å². The SMILES string of the molecule is CN1C[C@H]2C[C@@]2(c2ccc(CO)cc2)C1. The Balaban J connectivity index is 1.88. The lowest BCUT2D eigenvalue weighted by molar-refractivity contribution is 0.282. The average molecular weight is 203 g/mol. The summed E-state index contributed by atoms with van der Waals surface area (Å²) in [5.41, 5.74) is 2.94. The zero-order valence-corrected chi connectivity index (χ0v) is 9.11. The summed E-state index contributed by atoms with van der Waals surface area (Å²) < 4.78 is 0. The molecule has 1 aliphatic heterocycles. The maximum atomic E-state index is 9.00. The number of hydrogen-bond acceptors (Lipinski definition) is 2. The minimum atomic E-state index is 0.149. The molecule has 1 heterocycles. The Bertz CT molecular complexity index is 373. The topological polar surface area (TPSA) is 23.5 Å². The summed E-state index contributed by atoms with van der Waals surface area (Å²) in [6.45, 7) is 2.61. The van der Waals surface area contributed by atoms with Crippen LogP contribution in [0.3, 0.4) is 0 Å². The first-order chi connectivity index (χ1) is 7.24. The smallest absolute Gasteiger partial charge is 0.0681 e. The van der Waals surface area contributed by atoms with Crippen LogP contribution in [0.25, 0.3) is 0 Å². The Morgan fingerprint density at radius 1 is 1.40 bits per heavy atom. The second-order valence-corrected chi connectivity index (χ2v) is 5.11. The van der Waals surface area contributed by atoms with E-state index in [4.69, 9.17) is 5.11 Å². The van der Waals surface area contributed by atoms with Crippen molar-refractivity contribution in [2.75, 3.05) is 20.1 Å². The van der Waals surface area contributed by atoms with Gasteiger partial charge in [-0.15, -0.1) is 0 Å². The second-order valence-electron chi connectivity index (χ2n) is 5.11. The Morgan fingerprint density at radius 2 is 2.13 bits per heavy atom. The molecule has 0 amide bonds. The van der Waals surface area contributed by atoms with Crippen molar-refractivity contribution in [1.82, 2.24) is 4.90 Å². The van der Waals surface area contributed by atoms with Crippen LogP contribution in [0.1, 0.15) is 17.5 Å². The summed E-state index contributed by atoms with van der Waals surface area (Å²) in [5.74, 6) is 0.877. The van der Waals surface area contributed by atoms with E-state index in [-0.39, 0.29) is 6.61 Å². The van der Waals surface area contributed by atoms with Crippen molar-refractivity contribution in [3.05, 3.63) is 35.4 Å². The van der Waals surface area contributed by atoms with Crippen molar-refractivity contribution in [2.45, 2.75) is 18.4 Å². The molecule has 15 heavy (non-hydrogen) atoms. The summed E-state index contributed by atoms with van der Waals surface area (Å²) in [7, 11) is 2.20. The van der Waals surface area contributed by atoms with Crippen LogP contribution in [-0.4, -0.2) is 30.1 Å². The van der Waals surface area contributed by atoms with Crippen LogP contribution in [0.15, 0.2) is 24.3 Å². The van der Waals surface area contributed by atoms with E-state index in [1.165, 1.54) is 25.1 Å². The Morgan fingerprint density at radius 3 is 2.67 bits per heavy atom. The van der Waals surface area contributed by atoms with Crippen molar-refractivity contribution < 1.29 is 5.11 Å². The normalized spacial score (nSPS) is 34.1. The summed E-state index contributed by atoms with van der Waals surface area (Å²) in [4.78, 5) is 2.42. The van der Waals surface area contributed by atoms with Gasteiger partial charge in [0.1, 0.15) is 0 Å². The molecule has 2 heteroatoms. The Kier molecular flexibility index (Phi) is 1.91. The van der Waals surface area contributed by atoms with Gasteiger partial charge in [-0.25, -0.2) is 0 Å². The van der Waals surface area contributed by atoms with Crippen LogP contribution in [-0.2, 0) is 12.0 Å². The van der Waals surface area contributed by atoms with Crippen LogP contribution < -0.4 is 0 Å². The fourth-order valence-electron chi connectivity index (χ4n) is 3.12. The molecule has 2 fully saturated rings. The highest BCUT2D eigenvalue weighted by Gasteiger charge is 2.59. The van der Waals surface area contributed by atoms with E-state index in [0.29, 0.717) is 5.41 Å². The number of likely N-dealkylation sites (N-methyl/N-ethyl adjacent to an activating group) is 1. The number of aliphatic hydroxyl groups excluding tert-OH is 1. The molecule has 0 bridgehead atoms. The van der Waals surface area contributed by atoms with Crippen molar-refractivity contribution in [2.24, 2.45) is 5.92 Å². The molecule has 2 aliphatic rings. The first-order valence-electron chi connectivity index (χ1n) is 5.63. The summed E-state index contributed by atoms with van der Waals surface area (Å²) >= 11 is 0.